The van der Waals surface area contributed by atoms with Crippen LogP contribution < -0.4 is 5.32 Å². The molecule has 108 valence electrons. The Kier molecular flexibility index (Phi) is 4.42. The number of amides is 1. The molecule has 0 fully saturated rings. The predicted molar refractivity (Wildman–Crippen MR) is 77.5 cm³/mol. The number of carbonyl (C=O) groups is 2. The summed E-state index contributed by atoms with van der Waals surface area (Å²) in [4.78, 5) is 23.8. The molecule has 0 aliphatic heterocycles. The number of fused-ring (bicyclic) bond motifs is 1. The Morgan fingerprint density at radius 3 is 2.75 bits per heavy atom. The number of furan rings is 1. The number of rotatable bonds is 5. The van der Waals surface area contributed by atoms with E-state index in [4.69, 9.17) is 4.42 Å². The number of carbonyl (C=O) groups excluding carboxylic acids is 2. The first-order valence-electron chi connectivity index (χ1n) is 7.08. The lowest BCUT2D eigenvalue weighted by Gasteiger charge is -2.17. The van der Waals surface area contributed by atoms with Gasteiger partial charge in [-0.25, -0.2) is 0 Å². The molecule has 1 aromatic heterocycles. The first-order valence-corrected chi connectivity index (χ1v) is 7.08. The molecule has 20 heavy (non-hydrogen) atoms. The maximum Gasteiger partial charge on any atom is 0.287 e. The van der Waals surface area contributed by atoms with E-state index in [0.717, 1.165) is 24.2 Å². The Hall–Kier alpha value is -1.84. The highest BCUT2D eigenvalue weighted by atomic mass is 16.4. The van der Waals surface area contributed by atoms with Crippen molar-refractivity contribution in [3.05, 3.63) is 29.2 Å². The molecule has 1 aromatic rings. The maximum atomic E-state index is 12.2. The number of nitrogens with one attached hydrogen (secondary N) is 1. The van der Waals surface area contributed by atoms with Crippen LogP contribution in [-0.2, 0) is 11.2 Å². The lowest BCUT2D eigenvalue weighted by Crippen LogP contribution is -2.40. The van der Waals surface area contributed by atoms with E-state index in [-0.39, 0.29) is 17.5 Å². The first-order chi connectivity index (χ1) is 9.47. The van der Waals surface area contributed by atoms with Crippen molar-refractivity contribution in [2.75, 3.05) is 0 Å². The third-order valence-corrected chi connectivity index (χ3v) is 3.42. The van der Waals surface area contributed by atoms with Gasteiger partial charge in [-0.3, -0.25) is 9.59 Å². The van der Waals surface area contributed by atoms with Crippen molar-refractivity contribution in [1.82, 2.24) is 5.32 Å². The Labute approximate surface area is 119 Å². The average Bonchev–Trinajstić information content (AvgIpc) is 2.81. The smallest absolute Gasteiger partial charge is 0.287 e. The van der Waals surface area contributed by atoms with Crippen LogP contribution in [0.4, 0.5) is 0 Å². The normalized spacial score (nSPS) is 15.0. The highest BCUT2D eigenvalue weighted by molar-refractivity contribution is 5.95. The fraction of sp³-hybridized carbons (Fsp3) is 0.500. The monoisotopic (exact) mass is 275 g/mol. The minimum absolute atomic E-state index is 0.0248. The quantitative estimate of drug-likeness (QED) is 0.898. The van der Waals surface area contributed by atoms with Gasteiger partial charge in [-0.2, -0.15) is 0 Å². The van der Waals surface area contributed by atoms with Crippen molar-refractivity contribution in [2.45, 2.75) is 46.1 Å². The van der Waals surface area contributed by atoms with E-state index in [2.05, 4.69) is 5.32 Å². The van der Waals surface area contributed by atoms with E-state index in [9.17, 15) is 9.59 Å². The van der Waals surface area contributed by atoms with Gasteiger partial charge in [0.25, 0.3) is 5.91 Å². The molecular weight excluding hydrogens is 254 g/mol. The number of Topliss-reactive ketones (excluding diaryl/α,β-unsaturated/α-hetero) is 1. The maximum absolute atomic E-state index is 12.2. The van der Waals surface area contributed by atoms with Crippen LogP contribution in [0.5, 0.6) is 0 Å². The Balaban J connectivity index is 2.08. The predicted octanol–water partition coefficient (Wildman–Crippen LogP) is 2.97. The number of aryl methyl sites for hydroxylation is 1. The van der Waals surface area contributed by atoms with Crippen LogP contribution in [0.3, 0.4) is 0 Å². The molecule has 4 heteroatoms. The fourth-order valence-corrected chi connectivity index (χ4v) is 2.35. The molecule has 1 aliphatic rings. The van der Waals surface area contributed by atoms with Crippen molar-refractivity contribution >= 4 is 17.8 Å². The van der Waals surface area contributed by atoms with Gasteiger partial charge in [0.2, 0.25) is 0 Å². The van der Waals surface area contributed by atoms with Gasteiger partial charge in [0.15, 0.2) is 11.5 Å². The van der Waals surface area contributed by atoms with E-state index >= 15 is 0 Å². The lowest BCUT2D eigenvalue weighted by molar-refractivity contribution is -0.119. The fourth-order valence-electron chi connectivity index (χ4n) is 2.35. The van der Waals surface area contributed by atoms with Crippen molar-refractivity contribution in [3.8, 4) is 0 Å². The van der Waals surface area contributed by atoms with Crippen LogP contribution in [0.25, 0.3) is 6.08 Å². The van der Waals surface area contributed by atoms with Crippen LogP contribution >= 0.6 is 0 Å². The molecule has 0 saturated carbocycles. The van der Waals surface area contributed by atoms with Crippen molar-refractivity contribution in [3.63, 3.8) is 0 Å². The molecule has 0 aromatic carbocycles. The van der Waals surface area contributed by atoms with Gasteiger partial charge in [0.05, 0.1) is 6.04 Å². The largest absolute Gasteiger partial charge is 0.451 e. The van der Waals surface area contributed by atoms with Gasteiger partial charge < -0.3 is 9.73 Å². The Bertz CT molecular complexity index is 540. The number of ketones is 1. The summed E-state index contributed by atoms with van der Waals surface area (Å²) in [6.45, 7) is 5.56. The van der Waals surface area contributed by atoms with Gasteiger partial charge in [0, 0.05) is 0 Å². The number of allylic oxidation sites excluding steroid dienone is 1. The zero-order chi connectivity index (χ0) is 14.7. The molecule has 1 heterocycles. The van der Waals surface area contributed by atoms with E-state index in [1.807, 2.05) is 26.0 Å². The minimum atomic E-state index is -0.444. The van der Waals surface area contributed by atoms with E-state index < -0.39 is 6.04 Å². The van der Waals surface area contributed by atoms with Gasteiger partial charge in [-0.1, -0.05) is 19.9 Å². The van der Waals surface area contributed by atoms with Crippen LogP contribution in [0.1, 0.15) is 55.5 Å². The molecule has 0 spiro atoms. The van der Waals surface area contributed by atoms with E-state index in [1.165, 1.54) is 6.92 Å². The standard InChI is InChI=1S/C16H21NO3/c1-10(2)8-13(11(3)18)17-16(19)15-9-12-6-4-5-7-14(12)20-15/h5,7,9-10,13H,4,6,8H2,1-3H3,(H,17,19)/t13-/m0/s1. The first kappa shape index (κ1) is 14.6. The molecule has 1 amide bonds. The van der Waals surface area contributed by atoms with Crippen molar-refractivity contribution < 1.29 is 14.0 Å². The van der Waals surface area contributed by atoms with Crippen molar-refractivity contribution in [2.24, 2.45) is 5.92 Å². The highest BCUT2D eigenvalue weighted by Crippen LogP contribution is 2.23. The molecule has 2 rings (SSSR count). The van der Waals surface area contributed by atoms with Crippen LogP contribution in [0.15, 0.2) is 16.6 Å². The van der Waals surface area contributed by atoms with Gasteiger partial charge in [0.1, 0.15) is 5.76 Å². The van der Waals surface area contributed by atoms with Crippen molar-refractivity contribution in [1.29, 1.82) is 0 Å². The molecule has 4 nitrogen and oxygen atoms in total. The third-order valence-electron chi connectivity index (χ3n) is 3.42. The molecular formula is C16H21NO3. The Morgan fingerprint density at radius 1 is 1.40 bits per heavy atom. The zero-order valence-corrected chi connectivity index (χ0v) is 12.2. The van der Waals surface area contributed by atoms with Gasteiger partial charge in [-0.15, -0.1) is 0 Å². The summed E-state index contributed by atoms with van der Waals surface area (Å²) < 4.78 is 5.54. The molecule has 1 aliphatic carbocycles. The number of hydrogen-bond donors (Lipinski definition) is 1. The summed E-state index contributed by atoms with van der Waals surface area (Å²) in [6.07, 6.45) is 6.43. The topological polar surface area (TPSA) is 59.3 Å². The summed E-state index contributed by atoms with van der Waals surface area (Å²) in [5, 5.41) is 2.77. The molecule has 1 atom stereocenters. The summed E-state index contributed by atoms with van der Waals surface area (Å²) in [6, 6.07) is 1.33. The minimum Gasteiger partial charge on any atom is -0.451 e. The third kappa shape index (κ3) is 3.38. The molecule has 0 unspecified atom stereocenters. The SMILES string of the molecule is CC(=O)[C@H](CC(C)C)NC(=O)c1cc2c(o1)C=CCC2. The second-order valence-electron chi connectivity index (χ2n) is 5.71. The van der Waals surface area contributed by atoms with E-state index in [1.54, 1.807) is 6.07 Å². The second kappa shape index (κ2) is 6.07. The molecule has 0 saturated heterocycles. The van der Waals surface area contributed by atoms with Gasteiger partial charge in [-0.05, 0) is 49.8 Å². The van der Waals surface area contributed by atoms with Crippen LogP contribution in [0, 0.1) is 5.92 Å². The molecule has 1 N–H and O–H groups in total. The Morgan fingerprint density at radius 2 is 2.15 bits per heavy atom. The zero-order valence-electron chi connectivity index (χ0n) is 12.2. The van der Waals surface area contributed by atoms with Crippen LogP contribution in [0.2, 0.25) is 0 Å². The summed E-state index contributed by atoms with van der Waals surface area (Å²) in [7, 11) is 0. The number of hydrogen-bond acceptors (Lipinski definition) is 3. The van der Waals surface area contributed by atoms with Gasteiger partial charge >= 0.3 is 0 Å². The van der Waals surface area contributed by atoms with E-state index in [0.29, 0.717) is 12.3 Å². The lowest BCUT2D eigenvalue weighted by atomic mass is 10.0. The summed E-state index contributed by atoms with van der Waals surface area (Å²) in [5.41, 5.74) is 1.06. The summed E-state index contributed by atoms with van der Waals surface area (Å²) in [5.74, 6) is 1.05. The van der Waals surface area contributed by atoms with Crippen LogP contribution in [-0.4, -0.2) is 17.7 Å². The highest BCUT2D eigenvalue weighted by Gasteiger charge is 2.22. The second-order valence-corrected chi connectivity index (χ2v) is 5.71. The average molecular weight is 275 g/mol. The molecule has 0 radical (unpaired) electrons. The summed E-state index contributed by atoms with van der Waals surface area (Å²) >= 11 is 0. The molecule has 0 bridgehead atoms.